The summed E-state index contributed by atoms with van der Waals surface area (Å²) in [4.78, 5) is 12.8. The molecule has 35 heavy (non-hydrogen) atoms. The van der Waals surface area contributed by atoms with Gasteiger partial charge in [-0.25, -0.2) is 4.98 Å². The predicted molar refractivity (Wildman–Crippen MR) is 123 cm³/mol. The molecule has 186 valence electrons. The van der Waals surface area contributed by atoms with Gasteiger partial charge in [0.15, 0.2) is 17.1 Å². The van der Waals surface area contributed by atoms with Gasteiger partial charge in [-0.15, -0.1) is 5.10 Å². The minimum Gasteiger partial charge on any atom is -0.461 e. The molecule has 0 spiro atoms. The number of alkyl halides is 3. The van der Waals surface area contributed by atoms with Crippen LogP contribution in [0.25, 0.3) is 17.2 Å². The molecule has 1 aliphatic rings. The Balaban J connectivity index is 1.36. The summed E-state index contributed by atoms with van der Waals surface area (Å²) < 4.78 is 48.4. The zero-order valence-corrected chi connectivity index (χ0v) is 19.8. The van der Waals surface area contributed by atoms with Gasteiger partial charge in [0.1, 0.15) is 11.0 Å². The number of hydrogen-bond donors (Lipinski definition) is 1. The van der Waals surface area contributed by atoms with Crippen LogP contribution in [0.15, 0.2) is 28.9 Å². The van der Waals surface area contributed by atoms with E-state index in [9.17, 15) is 13.2 Å². The number of nitrogens with zero attached hydrogens (tertiary/aromatic N) is 8. The number of aromatic nitrogens is 6. The Morgan fingerprint density at radius 3 is 2.80 bits per heavy atom. The van der Waals surface area contributed by atoms with Crippen LogP contribution in [0.2, 0.25) is 5.15 Å². The summed E-state index contributed by atoms with van der Waals surface area (Å²) in [5, 5.41) is 7.93. The molecule has 1 saturated heterocycles. The summed E-state index contributed by atoms with van der Waals surface area (Å²) in [6, 6.07) is 5.24. The largest absolute Gasteiger partial charge is 0.461 e. The first-order chi connectivity index (χ1) is 16.6. The molecule has 1 unspecified atom stereocenters. The highest BCUT2D eigenvalue weighted by molar-refractivity contribution is 6.30. The average molecular weight is 510 g/mol. The number of hydrogen-bond acceptors (Lipinski definition) is 8. The van der Waals surface area contributed by atoms with E-state index in [1.807, 2.05) is 16.8 Å². The van der Waals surface area contributed by atoms with E-state index >= 15 is 0 Å². The lowest BCUT2D eigenvalue weighted by atomic mass is 10.1. The Morgan fingerprint density at radius 2 is 2.09 bits per heavy atom. The van der Waals surface area contributed by atoms with Crippen molar-refractivity contribution in [3.8, 4) is 11.6 Å². The summed E-state index contributed by atoms with van der Waals surface area (Å²) in [6.45, 7) is 1.25. The molecule has 0 bridgehead atoms. The Morgan fingerprint density at radius 1 is 1.29 bits per heavy atom. The van der Waals surface area contributed by atoms with Crippen molar-refractivity contribution in [2.45, 2.75) is 31.6 Å². The van der Waals surface area contributed by atoms with Gasteiger partial charge in [-0.05, 0) is 31.5 Å². The van der Waals surface area contributed by atoms with E-state index < -0.39 is 11.9 Å². The van der Waals surface area contributed by atoms with E-state index in [0.717, 1.165) is 17.5 Å². The molecule has 0 radical (unpaired) electrons. The normalized spacial score (nSPS) is 17.0. The predicted octanol–water partition coefficient (Wildman–Crippen LogP) is 3.47. The number of likely N-dealkylation sites (N-methyl/N-ethyl adjacent to an activating group) is 1. The highest BCUT2D eigenvalue weighted by Gasteiger charge is 2.40. The Kier molecular flexibility index (Phi) is 5.83. The van der Waals surface area contributed by atoms with Crippen molar-refractivity contribution < 1.29 is 17.6 Å². The van der Waals surface area contributed by atoms with Crippen LogP contribution in [0.5, 0.6) is 0 Å². The third kappa shape index (κ3) is 4.41. The molecular weight excluding hydrogens is 487 g/mol. The first kappa shape index (κ1) is 23.4. The molecule has 0 aromatic carbocycles. The lowest BCUT2D eigenvalue weighted by Gasteiger charge is -2.29. The van der Waals surface area contributed by atoms with Gasteiger partial charge < -0.3 is 15.1 Å². The Hall–Kier alpha value is -3.32. The molecule has 2 N–H and O–H groups in total. The molecule has 5 rings (SSSR count). The van der Waals surface area contributed by atoms with Crippen molar-refractivity contribution in [1.82, 2.24) is 34.3 Å². The maximum absolute atomic E-state index is 13.5. The van der Waals surface area contributed by atoms with Crippen LogP contribution in [0, 0.1) is 0 Å². The van der Waals surface area contributed by atoms with Gasteiger partial charge in [-0.1, -0.05) is 11.6 Å². The van der Waals surface area contributed by atoms with Crippen molar-refractivity contribution >= 4 is 29.0 Å². The van der Waals surface area contributed by atoms with Crippen molar-refractivity contribution in [2.24, 2.45) is 7.05 Å². The lowest BCUT2D eigenvalue weighted by molar-refractivity contribution is -0.142. The second kappa shape index (κ2) is 8.72. The van der Waals surface area contributed by atoms with E-state index in [4.69, 9.17) is 21.8 Å². The van der Waals surface area contributed by atoms with Crippen LogP contribution in [-0.2, 0) is 19.8 Å². The van der Waals surface area contributed by atoms with E-state index in [2.05, 4.69) is 20.2 Å². The summed E-state index contributed by atoms with van der Waals surface area (Å²) in [5.74, 6) is 1.64. The van der Waals surface area contributed by atoms with Crippen LogP contribution in [0.1, 0.15) is 24.1 Å². The molecular formula is C21H23ClF3N9O. The van der Waals surface area contributed by atoms with Gasteiger partial charge in [-0.2, -0.15) is 27.8 Å². The Labute approximate surface area is 203 Å². The van der Waals surface area contributed by atoms with E-state index in [1.54, 1.807) is 18.2 Å². The number of aryl methyl sites for hydroxylation is 1. The molecule has 5 heterocycles. The fourth-order valence-corrected chi connectivity index (χ4v) is 4.63. The highest BCUT2D eigenvalue weighted by Crippen LogP contribution is 2.36. The third-order valence-corrected chi connectivity index (χ3v) is 6.62. The summed E-state index contributed by atoms with van der Waals surface area (Å²) in [5.41, 5.74) is 5.69. The van der Waals surface area contributed by atoms with Gasteiger partial charge in [0.2, 0.25) is 11.8 Å². The minimum atomic E-state index is -4.57. The highest BCUT2D eigenvalue weighted by atomic mass is 35.5. The first-order valence-corrected chi connectivity index (χ1v) is 11.3. The molecule has 4 aromatic rings. The van der Waals surface area contributed by atoms with E-state index in [1.165, 1.54) is 17.8 Å². The van der Waals surface area contributed by atoms with Crippen LogP contribution in [-0.4, -0.2) is 60.4 Å². The third-order valence-electron chi connectivity index (χ3n) is 6.15. The van der Waals surface area contributed by atoms with Crippen LogP contribution in [0.4, 0.5) is 24.9 Å². The van der Waals surface area contributed by atoms with Gasteiger partial charge in [-0.3, -0.25) is 9.58 Å². The number of furan rings is 1. The number of nitrogen functional groups attached to an aromatic ring is 1. The molecule has 14 heteroatoms. The second-order valence-corrected chi connectivity index (χ2v) is 8.90. The molecule has 0 aliphatic carbocycles. The number of nitrogens with two attached hydrogens (primary N) is 1. The van der Waals surface area contributed by atoms with Crippen LogP contribution < -0.4 is 10.6 Å². The van der Waals surface area contributed by atoms with Crippen molar-refractivity contribution in [1.29, 1.82) is 0 Å². The number of anilines is 2. The number of rotatable bonds is 6. The fourth-order valence-electron chi connectivity index (χ4n) is 4.44. The van der Waals surface area contributed by atoms with Crippen molar-refractivity contribution in [3.63, 3.8) is 0 Å². The molecule has 1 atom stereocenters. The molecule has 1 fully saturated rings. The van der Waals surface area contributed by atoms with Gasteiger partial charge in [0.05, 0.1) is 6.26 Å². The maximum atomic E-state index is 13.5. The minimum absolute atomic E-state index is 0.00427. The quantitative estimate of drug-likeness (QED) is 0.421. The van der Waals surface area contributed by atoms with Crippen LogP contribution in [0.3, 0.4) is 0 Å². The van der Waals surface area contributed by atoms with Crippen molar-refractivity contribution in [2.75, 3.05) is 30.8 Å². The molecule has 0 amide bonds. The van der Waals surface area contributed by atoms with E-state index in [-0.39, 0.29) is 29.3 Å². The molecule has 4 aromatic heterocycles. The lowest BCUT2D eigenvalue weighted by Crippen LogP contribution is -2.39. The summed E-state index contributed by atoms with van der Waals surface area (Å²) in [6.07, 6.45) is -1.35. The van der Waals surface area contributed by atoms with Gasteiger partial charge in [0.25, 0.3) is 0 Å². The molecule has 10 nitrogen and oxygen atoms in total. The van der Waals surface area contributed by atoms with Gasteiger partial charge in [0, 0.05) is 44.9 Å². The second-order valence-electron chi connectivity index (χ2n) is 8.54. The molecule has 1 aliphatic heterocycles. The number of likely N-dealkylation sites (tertiary alicyclic amines) is 1. The molecule has 0 saturated carbocycles. The zero-order valence-electron chi connectivity index (χ0n) is 19.0. The van der Waals surface area contributed by atoms with Crippen LogP contribution >= 0.6 is 11.6 Å². The van der Waals surface area contributed by atoms with Crippen molar-refractivity contribution in [3.05, 3.63) is 40.9 Å². The SMILES string of the molecule is CN(CC1CCCN1Cc1c(C(F)(F)F)nn(C)c1Cl)c1cc2nc(-c3ccco3)nn2c(N)n1. The smallest absolute Gasteiger partial charge is 0.435 e. The number of halogens is 4. The van der Waals surface area contributed by atoms with E-state index in [0.29, 0.717) is 36.1 Å². The van der Waals surface area contributed by atoms with Gasteiger partial charge >= 0.3 is 6.18 Å². The number of fused-ring (bicyclic) bond motifs is 1. The Bertz CT molecular complexity index is 1350. The summed E-state index contributed by atoms with van der Waals surface area (Å²) in [7, 11) is 3.26. The fraction of sp³-hybridized carbons (Fsp3) is 0.429. The zero-order chi connectivity index (χ0) is 24.9. The first-order valence-electron chi connectivity index (χ1n) is 10.9. The monoisotopic (exact) mass is 509 g/mol. The maximum Gasteiger partial charge on any atom is 0.435 e. The topological polar surface area (TPSA) is 107 Å². The standard InChI is InChI=1S/C21H23ClF3N9O/c1-31(15-9-16-27-19(14-6-4-8-35-14)30-34(16)20(26)28-15)10-12-5-3-7-33(12)11-13-17(21(23,24)25)29-32(2)18(13)22/h4,6,8-9,12H,3,5,7,10-11H2,1-2H3,(H2,26,28). The summed E-state index contributed by atoms with van der Waals surface area (Å²) >= 11 is 6.18. The average Bonchev–Trinajstić information content (AvgIpc) is 3.58.